The van der Waals surface area contributed by atoms with Crippen LogP contribution in [0, 0.1) is 5.41 Å². The quantitative estimate of drug-likeness (QED) is 0.895. The molecule has 2 unspecified atom stereocenters. The zero-order valence-corrected chi connectivity index (χ0v) is 11.3. The van der Waals surface area contributed by atoms with Gasteiger partial charge in [0.2, 0.25) is 5.91 Å². The lowest BCUT2D eigenvalue weighted by Crippen LogP contribution is -2.36. The maximum absolute atomic E-state index is 12.3. The zero-order chi connectivity index (χ0) is 12.5. The number of amides is 1. The van der Waals surface area contributed by atoms with Gasteiger partial charge in [0.25, 0.3) is 0 Å². The van der Waals surface area contributed by atoms with Crippen molar-refractivity contribution in [3.63, 3.8) is 0 Å². The lowest BCUT2D eigenvalue weighted by atomic mass is 9.90. The first kappa shape index (κ1) is 12.6. The molecule has 0 radical (unpaired) electrons. The highest BCUT2D eigenvalue weighted by Crippen LogP contribution is 2.31. The number of thiophene rings is 1. The molecule has 1 aromatic heterocycles. The minimum atomic E-state index is -0.0184. The van der Waals surface area contributed by atoms with Crippen molar-refractivity contribution in [2.45, 2.75) is 26.2 Å². The van der Waals surface area contributed by atoms with Crippen LogP contribution in [0.25, 0.3) is 0 Å². The molecule has 0 spiro atoms. The van der Waals surface area contributed by atoms with Gasteiger partial charge < -0.3 is 10.6 Å². The Kier molecular flexibility index (Phi) is 3.54. The van der Waals surface area contributed by atoms with Crippen molar-refractivity contribution in [2.24, 2.45) is 11.1 Å². The monoisotopic (exact) mass is 252 g/mol. The van der Waals surface area contributed by atoms with Gasteiger partial charge in [-0.1, -0.05) is 13.0 Å². The molecule has 0 bridgehead atoms. The number of carbonyl (C=O) groups excluding carboxylic acids is 1. The summed E-state index contributed by atoms with van der Waals surface area (Å²) in [5.74, 6) is 0.222. The summed E-state index contributed by atoms with van der Waals surface area (Å²) in [7, 11) is 0. The molecule has 1 aromatic rings. The molecule has 1 saturated heterocycles. The summed E-state index contributed by atoms with van der Waals surface area (Å²) in [6.45, 7) is 6.47. The number of nitrogens with zero attached hydrogens (tertiary/aromatic N) is 1. The molecule has 2 rings (SSSR count). The van der Waals surface area contributed by atoms with Gasteiger partial charge in [-0.25, -0.2) is 0 Å². The fourth-order valence-corrected chi connectivity index (χ4v) is 3.09. The standard InChI is InChI=1S/C13H20N2OS/c1-10(11-4-3-7-17-11)12(16)15-6-5-13(2,8-14)9-15/h3-4,7,10H,5-6,8-9,14H2,1-2H3. The molecule has 2 atom stereocenters. The average Bonchev–Trinajstić information content (AvgIpc) is 2.97. The third kappa shape index (κ3) is 2.53. The molecule has 2 heterocycles. The Morgan fingerprint density at radius 1 is 1.71 bits per heavy atom. The number of hydrogen-bond acceptors (Lipinski definition) is 3. The van der Waals surface area contributed by atoms with E-state index < -0.39 is 0 Å². The van der Waals surface area contributed by atoms with Gasteiger partial charge in [0, 0.05) is 18.0 Å². The van der Waals surface area contributed by atoms with Crippen molar-refractivity contribution in [3.8, 4) is 0 Å². The molecule has 17 heavy (non-hydrogen) atoms. The molecule has 3 nitrogen and oxygen atoms in total. The molecule has 0 aliphatic carbocycles. The Labute approximate surface area is 107 Å². The van der Waals surface area contributed by atoms with Gasteiger partial charge in [-0.05, 0) is 36.8 Å². The summed E-state index contributed by atoms with van der Waals surface area (Å²) in [4.78, 5) is 15.5. The van der Waals surface area contributed by atoms with Crippen molar-refractivity contribution in [2.75, 3.05) is 19.6 Å². The smallest absolute Gasteiger partial charge is 0.230 e. The van der Waals surface area contributed by atoms with Gasteiger partial charge in [0.05, 0.1) is 5.92 Å². The number of nitrogens with two attached hydrogens (primary N) is 1. The van der Waals surface area contributed by atoms with E-state index in [2.05, 4.69) is 6.92 Å². The maximum atomic E-state index is 12.3. The van der Waals surface area contributed by atoms with Crippen LogP contribution in [0.1, 0.15) is 31.1 Å². The first-order chi connectivity index (χ1) is 8.06. The van der Waals surface area contributed by atoms with E-state index in [9.17, 15) is 4.79 Å². The van der Waals surface area contributed by atoms with Gasteiger partial charge in [-0.15, -0.1) is 11.3 Å². The van der Waals surface area contributed by atoms with E-state index in [1.165, 1.54) is 0 Å². The second-order valence-corrected chi connectivity index (χ2v) is 6.24. The normalized spacial score (nSPS) is 26.2. The van der Waals surface area contributed by atoms with Crippen molar-refractivity contribution in [1.82, 2.24) is 4.90 Å². The van der Waals surface area contributed by atoms with Crippen LogP contribution in [0.3, 0.4) is 0 Å². The number of carbonyl (C=O) groups is 1. The Morgan fingerprint density at radius 3 is 3.00 bits per heavy atom. The Balaban J connectivity index is 2.02. The van der Waals surface area contributed by atoms with E-state index in [1.807, 2.05) is 29.3 Å². The summed E-state index contributed by atoms with van der Waals surface area (Å²) in [6.07, 6.45) is 1.02. The molecule has 0 aromatic carbocycles. The maximum Gasteiger partial charge on any atom is 0.230 e. The van der Waals surface area contributed by atoms with Crippen LogP contribution in [0.2, 0.25) is 0 Å². The van der Waals surface area contributed by atoms with Gasteiger partial charge in [-0.2, -0.15) is 0 Å². The van der Waals surface area contributed by atoms with Crippen LogP contribution >= 0.6 is 11.3 Å². The highest BCUT2D eigenvalue weighted by Gasteiger charge is 2.36. The summed E-state index contributed by atoms with van der Waals surface area (Å²) in [6, 6.07) is 4.03. The van der Waals surface area contributed by atoms with Gasteiger partial charge in [-0.3, -0.25) is 4.79 Å². The highest BCUT2D eigenvalue weighted by atomic mass is 32.1. The SMILES string of the molecule is CC(C(=O)N1CCC(C)(CN)C1)c1cccs1. The molecule has 4 heteroatoms. The summed E-state index contributed by atoms with van der Waals surface area (Å²) >= 11 is 1.65. The fraction of sp³-hybridized carbons (Fsp3) is 0.615. The van der Waals surface area contributed by atoms with Gasteiger partial charge in [0.15, 0.2) is 0 Å². The molecule has 1 aliphatic heterocycles. The van der Waals surface area contributed by atoms with E-state index in [0.717, 1.165) is 24.4 Å². The van der Waals surface area contributed by atoms with E-state index in [4.69, 9.17) is 5.73 Å². The van der Waals surface area contributed by atoms with Crippen LogP contribution < -0.4 is 5.73 Å². The topological polar surface area (TPSA) is 46.3 Å². The predicted octanol–water partition coefficient (Wildman–Crippen LogP) is 2.05. The predicted molar refractivity (Wildman–Crippen MR) is 71.1 cm³/mol. The zero-order valence-electron chi connectivity index (χ0n) is 10.5. The van der Waals surface area contributed by atoms with Crippen LogP contribution in [-0.2, 0) is 4.79 Å². The van der Waals surface area contributed by atoms with Gasteiger partial charge in [0.1, 0.15) is 0 Å². The minimum Gasteiger partial charge on any atom is -0.342 e. The van der Waals surface area contributed by atoms with Crippen LogP contribution in [0.4, 0.5) is 0 Å². The Hall–Kier alpha value is -0.870. The largest absolute Gasteiger partial charge is 0.342 e. The van der Waals surface area contributed by atoms with Crippen molar-refractivity contribution in [3.05, 3.63) is 22.4 Å². The Morgan fingerprint density at radius 2 is 2.47 bits per heavy atom. The third-order valence-electron chi connectivity index (χ3n) is 3.70. The van der Waals surface area contributed by atoms with E-state index in [-0.39, 0.29) is 17.2 Å². The molecule has 94 valence electrons. The number of rotatable bonds is 3. The van der Waals surface area contributed by atoms with Crippen LogP contribution in [-0.4, -0.2) is 30.4 Å². The fourth-order valence-electron chi connectivity index (χ4n) is 2.31. The first-order valence-electron chi connectivity index (χ1n) is 6.08. The lowest BCUT2D eigenvalue weighted by Gasteiger charge is -2.24. The second kappa shape index (κ2) is 4.78. The van der Waals surface area contributed by atoms with E-state index in [0.29, 0.717) is 6.54 Å². The molecule has 2 N–H and O–H groups in total. The summed E-state index contributed by atoms with van der Waals surface area (Å²) < 4.78 is 0. The third-order valence-corrected chi connectivity index (χ3v) is 4.76. The molecule has 1 aliphatic rings. The average molecular weight is 252 g/mol. The number of likely N-dealkylation sites (tertiary alicyclic amines) is 1. The highest BCUT2D eigenvalue weighted by molar-refractivity contribution is 7.10. The second-order valence-electron chi connectivity index (χ2n) is 5.26. The van der Waals surface area contributed by atoms with Crippen LogP contribution in [0.5, 0.6) is 0 Å². The molecular weight excluding hydrogens is 232 g/mol. The Bertz CT molecular complexity index is 390. The molecule has 0 saturated carbocycles. The molecule has 1 fully saturated rings. The lowest BCUT2D eigenvalue weighted by molar-refractivity contribution is -0.131. The minimum absolute atomic E-state index is 0.0184. The van der Waals surface area contributed by atoms with Gasteiger partial charge >= 0.3 is 0 Å². The molecular formula is C13H20N2OS. The van der Waals surface area contributed by atoms with Crippen molar-refractivity contribution < 1.29 is 4.79 Å². The van der Waals surface area contributed by atoms with E-state index >= 15 is 0 Å². The summed E-state index contributed by atoms with van der Waals surface area (Å²) in [5.41, 5.74) is 5.88. The van der Waals surface area contributed by atoms with Crippen molar-refractivity contribution in [1.29, 1.82) is 0 Å². The van der Waals surface area contributed by atoms with E-state index in [1.54, 1.807) is 11.3 Å². The molecule has 1 amide bonds. The van der Waals surface area contributed by atoms with Crippen LogP contribution in [0.15, 0.2) is 17.5 Å². The first-order valence-corrected chi connectivity index (χ1v) is 6.96. The summed E-state index contributed by atoms with van der Waals surface area (Å²) in [5, 5.41) is 2.02. The van der Waals surface area contributed by atoms with Crippen molar-refractivity contribution >= 4 is 17.2 Å². The number of hydrogen-bond donors (Lipinski definition) is 1.